The third-order valence-electron chi connectivity index (χ3n) is 6.18. The predicted octanol–water partition coefficient (Wildman–Crippen LogP) is 2.99. The zero-order chi connectivity index (χ0) is 20.5. The standard InChI is InChI=1S/C24H26N4O2/c29-22(14-16-6-2-1-3-7-16)28-13-11-17-21(15-28)26-18-8-4-9-19(23(17)18)27-24(30)20-10-5-12-25-20/h1-4,6-9,20,25-26H,5,10-15H2,(H,27,30). The van der Waals surface area contributed by atoms with Crippen LogP contribution in [0.5, 0.6) is 0 Å². The highest BCUT2D eigenvalue weighted by molar-refractivity contribution is 6.05. The molecule has 0 saturated carbocycles. The second-order valence-electron chi connectivity index (χ2n) is 8.18. The molecule has 1 saturated heterocycles. The van der Waals surface area contributed by atoms with Gasteiger partial charge < -0.3 is 20.5 Å². The van der Waals surface area contributed by atoms with E-state index in [1.807, 2.05) is 53.4 Å². The highest BCUT2D eigenvalue weighted by atomic mass is 16.2. The molecule has 0 aliphatic carbocycles. The van der Waals surface area contributed by atoms with Crippen molar-refractivity contribution in [3.63, 3.8) is 0 Å². The Hall–Kier alpha value is -3.12. The normalized spacial score (nSPS) is 18.4. The molecular weight excluding hydrogens is 376 g/mol. The van der Waals surface area contributed by atoms with Crippen molar-refractivity contribution in [3.05, 3.63) is 65.4 Å². The monoisotopic (exact) mass is 402 g/mol. The lowest BCUT2D eigenvalue weighted by Crippen LogP contribution is -2.37. The Kier molecular flexibility index (Phi) is 5.01. The maximum absolute atomic E-state index is 12.8. The van der Waals surface area contributed by atoms with Gasteiger partial charge in [0.1, 0.15) is 0 Å². The molecule has 30 heavy (non-hydrogen) atoms. The molecule has 6 heteroatoms. The third kappa shape index (κ3) is 3.59. The number of rotatable bonds is 4. The molecule has 3 heterocycles. The fourth-order valence-electron chi connectivity index (χ4n) is 4.63. The van der Waals surface area contributed by atoms with E-state index >= 15 is 0 Å². The molecule has 1 fully saturated rings. The number of aromatic nitrogens is 1. The van der Waals surface area contributed by atoms with Crippen LogP contribution < -0.4 is 10.6 Å². The summed E-state index contributed by atoms with van der Waals surface area (Å²) in [6, 6.07) is 15.7. The van der Waals surface area contributed by atoms with Crippen LogP contribution >= 0.6 is 0 Å². The van der Waals surface area contributed by atoms with Crippen LogP contribution in [0.4, 0.5) is 5.69 Å². The topological polar surface area (TPSA) is 77.2 Å². The number of carbonyl (C=O) groups excluding carboxylic acids is 2. The number of aromatic amines is 1. The Labute approximate surface area is 175 Å². The molecule has 2 aliphatic rings. The van der Waals surface area contributed by atoms with Crippen LogP contribution in [-0.2, 0) is 29.0 Å². The van der Waals surface area contributed by atoms with E-state index in [1.165, 1.54) is 5.56 Å². The summed E-state index contributed by atoms with van der Waals surface area (Å²) in [6.45, 7) is 2.17. The molecule has 3 N–H and O–H groups in total. The highest BCUT2D eigenvalue weighted by Gasteiger charge is 2.27. The maximum Gasteiger partial charge on any atom is 0.241 e. The van der Waals surface area contributed by atoms with E-state index in [-0.39, 0.29) is 17.9 Å². The van der Waals surface area contributed by atoms with E-state index in [0.717, 1.165) is 53.7 Å². The average molecular weight is 402 g/mol. The molecule has 0 bridgehead atoms. The molecule has 6 nitrogen and oxygen atoms in total. The van der Waals surface area contributed by atoms with Crippen molar-refractivity contribution in [1.29, 1.82) is 0 Å². The molecule has 0 radical (unpaired) electrons. The van der Waals surface area contributed by atoms with Crippen molar-refractivity contribution < 1.29 is 9.59 Å². The van der Waals surface area contributed by atoms with Gasteiger partial charge in [-0.05, 0) is 49.1 Å². The van der Waals surface area contributed by atoms with Crippen molar-refractivity contribution >= 4 is 28.4 Å². The molecule has 0 spiro atoms. The molecule has 5 rings (SSSR count). The van der Waals surface area contributed by atoms with Gasteiger partial charge in [0.25, 0.3) is 0 Å². The number of hydrogen-bond acceptors (Lipinski definition) is 3. The van der Waals surface area contributed by atoms with E-state index < -0.39 is 0 Å². The molecule has 2 aliphatic heterocycles. The van der Waals surface area contributed by atoms with Gasteiger partial charge in [0.05, 0.1) is 24.7 Å². The number of benzene rings is 2. The highest BCUT2D eigenvalue weighted by Crippen LogP contribution is 2.33. The lowest BCUT2D eigenvalue weighted by Gasteiger charge is -2.27. The minimum Gasteiger partial charge on any atom is -0.357 e. The Bertz CT molecular complexity index is 1080. The summed E-state index contributed by atoms with van der Waals surface area (Å²) >= 11 is 0. The predicted molar refractivity (Wildman–Crippen MR) is 117 cm³/mol. The third-order valence-corrected chi connectivity index (χ3v) is 6.18. The summed E-state index contributed by atoms with van der Waals surface area (Å²) in [4.78, 5) is 30.8. The number of nitrogens with one attached hydrogen (secondary N) is 3. The summed E-state index contributed by atoms with van der Waals surface area (Å²) in [6.07, 6.45) is 3.12. The van der Waals surface area contributed by atoms with Gasteiger partial charge in [-0.25, -0.2) is 0 Å². The van der Waals surface area contributed by atoms with Gasteiger partial charge >= 0.3 is 0 Å². The Morgan fingerprint density at radius 2 is 1.97 bits per heavy atom. The van der Waals surface area contributed by atoms with Crippen molar-refractivity contribution in [3.8, 4) is 0 Å². The van der Waals surface area contributed by atoms with Crippen LogP contribution in [0, 0.1) is 0 Å². The summed E-state index contributed by atoms with van der Waals surface area (Å²) < 4.78 is 0. The van der Waals surface area contributed by atoms with Crippen LogP contribution in [0.1, 0.15) is 29.7 Å². The molecule has 1 atom stereocenters. The second kappa shape index (κ2) is 7.95. The smallest absolute Gasteiger partial charge is 0.241 e. The van der Waals surface area contributed by atoms with E-state index in [2.05, 4.69) is 15.6 Å². The largest absolute Gasteiger partial charge is 0.357 e. The summed E-state index contributed by atoms with van der Waals surface area (Å²) in [5.41, 5.74) is 5.18. The second-order valence-corrected chi connectivity index (χ2v) is 8.18. The number of carbonyl (C=O) groups is 2. The molecule has 1 unspecified atom stereocenters. The summed E-state index contributed by atoms with van der Waals surface area (Å²) in [7, 11) is 0. The van der Waals surface area contributed by atoms with Crippen LogP contribution in [0.15, 0.2) is 48.5 Å². The summed E-state index contributed by atoms with van der Waals surface area (Å²) in [5, 5.41) is 7.46. The first-order chi connectivity index (χ1) is 14.7. The van der Waals surface area contributed by atoms with Gasteiger partial charge in [0.15, 0.2) is 0 Å². The number of anilines is 1. The fraction of sp³-hybridized carbons (Fsp3) is 0.333. The molecule has 3 aromatic rings. The Morgan fingerprint density at radius 3 is 2.77 bits per heavy atom. The van der Waals surface area contributed by atoms with Gasteiger partial charge in [-0.15, -0.1) is 0 Å². The van der Waals surface area contributed by atoms with E-state index in [4.69, 9.17) is 0 Å². The van der Waals surface area contributed by atoms with Gasteiger partial charge in [-0.1, -0.05) is 36.4 Å². The van der Waals surface area contributed by atoms with Crippen LogP contribution in [0.3, 0.4) is 0 Å². The molecular formula is C24H26N4O2. The first kappa shape index (κ1) is 18.9. The first-order valence-electron chi connectivity index (χ1n) is 10.7. The SMILES string of the molecule is O=C(Nc1cccc2[nH]c3c(c12)CCN(C(=O)Cc1ccccc1)C3)C1CCCN1. The Balaban J connectivity index is 1.37. The van der Waals surface area contributed by atoms with Gasteiger partial charge in [-0.2, -0.15) is 0 Å². The van der Waals surface area contributed by atoms with Crippen LogP contribution in [-0.4, -0.2) is 40.8 Å². The number of H-pyrrole nitrogens is 1. The lowest BCUT2D eigenvalue weighted by molar-refractivity contribution is -0.131. The van der Waals surface area contributed by atoms with E-state index in [1.54, 1.807) is 0 Å². The van der Waals surface area contributed by atoms with Crippen molar-refractivity contribution in [2.24, 2.45) is 0 Å². The maximum atomic E-state index is 12.8. The van der Waals surface area contributed by atoms with Gasteiger partial charge in [0, 0.05) is 23.1 Å². The van der Waals surface area contributed by atoms with Crippen LogP contribution in [0.25, 0.3) is 10.9 Å². The lowest BCUT2D eigenvalue weighted by atomic mass is 10.0. The van der Waals surface area contributed by atoms with Gasteiger partial charge in [0.2, 0.25) is 11.8 Å². The quantitative estimate of drug-likeness (QED) is 0.628. The average Bonchev–Trinajstić information content (AvgIpc) is 3.42. The Morgan fingerprint density at radius 1 is 1.10 bits per heavy atom. The molecule has 154 valence electrons. The van der Waals surface area contributed by atoms with E-state index in [9.17, 15) is 9.59 Å². The number of nitrogens with zero attached hydrogens (tertiary/aromatic N) is 1. The zero-order valence-corrected chi connectivity index (χ0v) is 16.9. The van der Waals surface area contributed by atoms with Crippen molar-refractivity contribution in [2.45, 2.75) is 38.3 Å². The van der Waals surface area contributed by atoms with Crippen LogP contribution in [0.2, 0.25) is 0 Å². The number of amides is 2. The molecule has 2 amide bonds. The van der Waals surface area contributed by atoms with E-state index in [0.29, 0.717) is 19.5 Å². The minimum atomic E-state index is -0.110. The van der Waals surface area contributed by atoms with Crippen molar-refractivity contribution in [2.75, 3.05) is 18.4 Å². The van der Waals surface area contributed by atoms with Crippen molar-refractivity contribution in [1.82, 2.24) is 15.2 Å². The summed E-state index contributed by atoms with van der Waals surface area (Å²) in [5.74, 6) is 0.178. The fourth-order valence-corrected chi connectivity index (χ4v) is 4.63. The minimum absolute atomic E-state index is 0.0328. The zero-order valence-electron chi connectivity index (χ0n) is 16.9. The molecule has 1 aromatic heterocycles. The van der Waals surface area contributed by atoms with Gasteiger partial charge in [-0.3, -0.25) is 9.59 Å². The first-order valence-corrected chi connectivity index (χ1v) is 10.7. The number of hydrogen-bond donors (Lipinski definition) is 3. The molecule has 2 aromatic carbocycles. The number of fused-ring (bicyclic) bond motifs is 3.